The number of nitrogen functional groups attached to an aromatic ring is 1. The fraction of sp³-hybridized carbons (Fsp3) is 0.154. The van der Waals surface area contributed by atoms with Crippen molar-refractivity contribution in [2.45, 2.75) is 6.54 Å². The van der Waals surface area contributed by atoms with Crippen molar-refractivity contribution in [1.29, 1.82) is 0 Å². The van der Waals surface area contributed by atoms with Crippen molar-refractivity contribution in [2.24, 2.45) is 0 Å². The van der Waals surface area contributed by atoms with E-state index in [2.05, 4.69) is 15.9 Å². The molecule has 0 aliphatic rings. The van der Waals surface area contributed by atoms with Gasteiger partial charge in [0.1, 0.15) is 5.69 Å². The average Bonchev–Trinajstić information content (AvgIpc) is 2.83. The second kappa shape index (κ2) is 6.23. The van der Waals surface area contributed by atoms with Crippen LogP contribution in [0.2, 0.25) is 0 Å². The standard InChI is InChI=1S/C13H12BrN3O3S/c1-16(7-9-3-5-12(14)21-9)13(18)8-2-4-10(15)11(6-8)17(19)20/h2-6H,7,15H2,1H3. The van der Waals surface area contributed by atoms with E-state index in [1.54, 1.807) is 7.05 Å². The van der Waals surface area contributed by atoms with Gasteiger partial charge < -0.3 is 10.6 Å². The Morgan fingerprint density at radius 2 is 2.14 bits per heavy atom. The van der Waals surface area contributed by atoms with Gasteiger partial charge in [-0.1, -0.05) is 0 Å². The average molecular weight is 370 g/mol. The maximum atomic E-state index is 12.3. The number of nitro benzene ring substituents is 1. The number of carbonyl (C=O) groups is 1. The molecule has 0 aliphatic heterocycles. The van der Waals surface area contributed by atoms with Gasteiger partial charge in [0, 0.05) is 23.6 Å². The van der Waals surface area contributed by atoms with Gasteiger partial charge in [-0.15, -0.1) is 11.3 Å². The number of rotatable bonds is 4. The number of hydrogen-bond acceptors (Lipinski definition) is 5. The van der Waals surface area contributed by atoms with Crippen LogP contribution in [0.5, 0.6) is 0 Å². The molecular formula is C13H12BrN3O3S. The first kappa shape index (κ1) is 15.5. The van der Waals surface area contributed by atoms with Crippen LogP contribution in [-0.2, 0) is 6.54 Å². The quantitative estimate of drug-likeness (QED) is 0.508. The van der Waals surface area contributed by atoms with Crippen molar-refractivity contribution in [2.75, 3.05) is 12.8 Å². The van der Waals surface area contributed by atoms with Gasteiger partial charge in [-0.25, -0.2) is 0 Å². The molecule has 0 radical (unpaired) electrons. The van der Waals surface area contributed by atoms with E-state index < -0.39 is 4.92 Å². The highest BCUT2D eigenvalue weighted by molar-refractivity contribution is 9.11. The second-order valence-corrected chi connectivity index (χ2v) is 6.95. The highest BCUT2D eigenvalue weighted by Crippen LogP contribution is 2.25. The van der Waals surface area contributed by atoms with Crippen LogP contribution >= 0.6 is 27.3 Å². The normalized spacial score (nSPS) is 10.4. The first-order valence-corrected chi connectivity index (χ1v) is 7.53. The molecule has 1 aromatic carbocycles. The summed E-state index contributed by atoms with van der Waals surface area (Å²) in [6, 6.07) is 7.90. The molecule has 2 aromatic rings. The minimum absolute atomic E-state index is 0.0430. The van der Waals surface area contributed by atoms with E-state index in [1.807, 2.05) is 12.1 Å². The number of nitro groups is 1. The van der Waals surface area contributed by atoms with Crippen LogP contribution in [0.1, 0.15) is 15.2 Å². The molecule has 1 aromatic heterocycles. The Balaban J connectivity index is 2.19. The van der Waals surface area contributed by atoms with Crippen LogP contribution in [0.4, 0.5) is 11.4 Å². The molecular weight excluding hydrogens is 358 g/mol. The van der Waals surface area contributed by atoms with Gasteiger partial charge in [0.05, 0.1) is 15.3 Å². The number of benzene rings is 1. The van der Waals surface area contributed by atoms with E-state index in [0.717, 1.165) is 8.66 Å². The maximum Gasteiger partial charge on any atom is 0.292 e. The first-order valence-electron chi connectivity index (χ1n) is 5.92. The molecule has 1 heterocycles. The molecule has 8 heteroatoms. The Labute approximate surface area is 133 Å². The maximum absolute atomic E-state index is 12.3. The van der Waals surface area contributed by atoms with Crippen molar-refractivity contribution < 1.29 is 9.72 Å². The van der Waals surface area contributed by atoms with Gasteiger partial charge in [-0.3, -0.25) is 14.9 Å². The molecule has 0 spiro atoms. The largest absolute Gasteiger partial charge is 0.393 e. The summed E-state index contributed by atoms with van der Waals surface area (Å²) in [4.78, 5) is 25.1. The van der Waals surface area contributed by atoms with Crippen LogP contribution in [0.15, 0.2) is 34.1 Å². The van der Waals surface area contributed by atoms with Crippen LogP contribution in [0.25, 0.3) is 0 Å². The number of carbonyl (C=O) groups excluding carboxylic acids is 1. The monoisotopic (exact) mass is 369 g/mol. The number of nitrogens with zero attached hydrogens (tertiary/aromatic N) is 2. The van der Waals surface area contributed by atoms with Gasteiger partial charge in [0.15, 0.2) is 0 Å². The van der Waals surface area contributed by atoms with E-state index in [1.165, 1.54) is 34.4 Å². The van der Waals surface area contributed by atoms with Gasteiger partial charge in [-0.05, 0) is 40.2 Å². The lowest BCUT2D eigenvalue weighted by molar-refractivity contribution is -0.383. The molecule has 0 saturated carbocycles. The Kier molecular flexibility index (Phi) is 4.59. The lowest BCUT2D eigenvalue weighted by Gasteiger charge is -2.16. The van der Waals surface area contributed by atoms with Crippen LogP contribution in [-0.4, -0.2) is 22.8 Å². The molecule has 1 amide bonds. The van der Waals surface area contributed by atoms with E-state index in [-0.39, 0.29) is 22.8 Å². The predicted molar refractivity (Wildman–Crippen MR) is 85.3 cm³/mol. The van der Waals surface area contributed by atoms with Gasteiger partial charge in [-0.2, -0.15) is 0 Å². The zero-order chi connectivity index (χ0) is 15.6. The Hall–Kier alpha value is -1.93. The van der Waals surface area contributed by atoms with E-state index in [4.69, 9.17) is 5.73 Å². The van der Waals surface area contributed by atoms with Gasteiger partial charge in [0.2, 0.25) is 0 Å². The fourth-order valence-electron chi connectivity index (χ4n) is 1.80. The van der Waals surface area contributed by atoms with Gasteiger partial charge in [0.25, 0.3) is 11.6 Å². The molecule has 2 N–H and O–H groups in total. The summed E-state index contributed by atoms with van der Waals surface area (Å²) in [6.07, 6.45) is 0. The van der Waals surface area contributed by atoms with Crippen molar-refractivity contribution in [3.05, 3.63) is 54.7 Å². The van der Waals surface area contributed by atoms with Gasteiger partial charge >= 0.3 is 0 Å². The molecule has 21 heavy (non-hydrogen) atoms. The number of thiophene rings is 1. The number of halogens is 1. The second-order valence-electron chi connectivity index (χ2n) is 4.40. The Morgan fingerprint density at radius 3 is 2.71 bits per heavy atom. The summed E-state index contributed by atoms with van der Waals surface area (Å²) in [7, 11) is 1.65. The highest BCUT2D eigenvalue weighted by atomic mass is 79.9. The zero-order valence-electron chi connectivity index (χ0n) is 11.1. The van der Waals surface area contributed by atoms with Crippen molar-refractivity contribution in [3.63, 3.8) is 0 Å². The van der Waals surface area contributed by atoms with Crippen LogP contribution < -0.4 is 5.73 Å². The molecule has 0 unspecified atom stereocenters. The Bertz CT molecular complexity index is 702. The molecule has 6 nitrogen and oxygen atoms in total. The molecule has 2 rings (SSSR count). The lowest BCUT2D eigenvalue weighted by Crippen LogP contribution is -2.25. The number of anilines is 1. The molecule has 0 saturated heterocycles. The van der Waals surface area contributed by atoms with E-state index in [0.29, 0.717) is 6.54 Å². The third kappa shape index (κ3) is 3.59. The summed E-state index contributed by atoms with van der Waals surface area (Å²) < 4.78 is 0.987. The molecule has 0 fully saturated rings. The summed E-state index contributed by atoms with van der Waals surface area (Å²) in [5.74, 6) is -0.289. The summed E-state index contributed by atoms with van der Waals surface area (Å²) in [6.45, 7) is 0.438. The molecule has 0 bridgehead atoms. The number of hydrogen-bond donors (Lipinski definition) is 1. The summed E-state index contributed by atoms with van der Waals surface area (Å²) in [5.41, 5.74) is 5.55. The minimum Gasteiger partial charge on any atom is -0.393 e. The number of nitrogens with two attached hydrogens (primary N) is 1. The summed E-state index contributed by atoms with van der Waals surface area (Å²) >= 11 is 4.90. The van der Waals surface area contributed by atoms with E-state index >= 15 is 0 Å². The zero-order valence-corrected chi connectivity index (χ0v) is 13.5. The summed E-state index contributed by atoms with van der Waals surface area (Å²) in [5, 5.41) is 10.9. The SMILES string of the molecule is CN(Cc1ccc(Br)s1)C(=O)c1ccc(N)c([N+](=O)[O-])c1. The number of amides is 1. The smallest absolute Gasteiger partial charge is 0.292 e. The predicted octanol–water partition coefficient (Wildman–Crippen LogP) is 3.27. The highest BCUT2D eigenvalue weighted by Gasteiger charge is 2.18. The van der Waals surface area contributed by atoms with Crippen molar-refractivity contribution in [1.82, 2.24) is 4.90 Å². The lowest BCUT2D eigenvalue weighted by atomic mass is 10.1. The fourth-order valence-corrected chi connectivity index (χ4v) is 3.33. The topological polar surface area (TPSA) is 89.5 Å². The third-order valence-electron chi connectivity index (χ3n) is 2.84. The molecule has 0 aliphatic carbocycles. The Morgan fingerprint density at radius 1 is 1.43 bits per heavy atom. The first-order chi connectivity index (χ1) is 9.88. The molecule has 0 atom stereocenters. The van der Waals surface area contributed by atoms with E-state index in [9.17, 15) is 14.9 Å². The molecule has 110 valence electrons. The third-order valence-corrected chi connectivity index (χ3v) is 4.45. The minimum atomic E-state index is -0.595. The van der Waals surface area contributed by atoms with Crippen LogP contribution in [0, 0.1) is 10.1 Å². The van der Waals surface area contributed by atoms with Crippen molar-refractivity contribution in [3.8, 4) is 0 Å². The van der Waals surface area contributed by atoms with Crippen molar-refractivity contribution >= 4 is 44.5 Å². The van der Waals surface area contributed by atoms with Crippen LogP contribution in [0.3, 0.4) is 0 Å².